The van der Waals surface area contributed by atoms with Crippen LogP contribution in [0.15, 0.2) is 39.5 Å². The Labute approximate surface area is 152 Å². The summed E-state index contributed by atoms with van der Waals surface area (Å²) in [5, 5.41) is 0.902. The number of hydrogen-bond donors (Lipinski definition) is 0. The van der Waals surface area contributed by atoms with E-state index in [1.54, 1.807) is 12.1 Å². The minimum Gasteiger partial charge on any atom is -0.485 e. The number of ketones is 1. The molecule has 1 aromatic carbocycles. The second-order valence-electron chi connectivity index (χ2n) is 6.55. The lowest BCUT2D eigenvalue weighted by atomic mass is 10.1. The van der Waals surface area contributed by atoms with Gasteiger partial charge >= 0.3 is 5.63 Å². The zero-order valence-electron chi connectivity index (χ0n) is 15.6. The highest BCUT2D eigenvalue weighted by Crippen LogP contribution is 2.24. The van der Waals surface area contributed by atoms with Crippen LogP contribution < -0.4 is 10.4 Å². The summed E-state index contributed by atoms with van der Waals surface area (Å²) in [6.45, 7) is 5.88. The molecule has 0 saturated heterocycles. The standard InChI is InChI=1S/C21H23NO4/c1-5-6-15-10-21(24)26-20-11-16(7-8-17(15)20)25-12-19(23)18-9-13(2)22(4)14(18)3/h7-11H,5-6,12H2,1-4H3. The molecule has 2 aromatic heterocycles. The van der Waals surface area contributed by atoms with Crippen LogP contribution >= 0.6 is 0 Å². The molecular formula is C21H23NO4. The highest BCUT2D eigenvalue weighted by atomic mass is 16.5. The molecule has 0 aliphatic heterocycles. The van der Waals surface area contributed by atoms with E-state index in [2.05, 4.69) is 6.92 Å². The number of nitrogens with zero attached hydrogens (tertiary/aromatic N) is 1. The number of rotatable bonds is 6. The van der Waals surface area contributed by atoms with E-state index in [1.807, 2.05) is 37.6 Å². The molecule has 3 rings (SSSR count). The Morgan fingerprint density at radius 2 is 1.96 bits per heavy atom. The van der Waals surface area contributed by atoms with E-state index in [0.29, 0.717) is 16.9 Å². The van der Waals surface area contributed by atoms with Crippen LogP contribution in [0.4, 0.5) is 0 Å². The first-order valence-corrected chi connectivity index (χ1v) is 8.76. The number of aryl methyl sites for hydroxylation is 2. The van der Waals surface area contributed by atoms with Crippen molar-refractivity contribution in [1.82, 2.24) is 4.57 Å². The molecule has 0 aliphatic rings. The maximum absolute atomic E-state index is 12.4. The molecule has 0 N–H and O–H groups in total. The quantitative estimate of drug-likeness (QED) is 0.497. The molecule has 3 aromatic rings. The average molecular weight is 353 g/mol. The van der Waals surface area contributed by atoms with Crippen LogP contribution in [-0.4, -0.2) is 17.0 Å². The normalized spacial score (nSPS) is 11.1. The molecule has 0 aliphatic carbocycles. The summed E-state index contributed by atoms with van der Waals surface area (Å²) in [5.41, 5.74) is 3.70. The van der Waals surface area contributed by atoms with Crippen molar-refractivity contribution in [2.45, 2.75) is 33.6 Å². The van der Waals surface area contributed by atoms with E-state index in [4.69, 9.17) is 9.15 Å². The van der Waals surface area contributed by atoms with Crippen molar-refractivity contribution in [2.75, 3.05) is 6.61 Å². The summed E-state index contributed by atoms with van der Waals surface area (Å²) in [6, 6.07) is 8.76. The SMILES string of the molecule is CCCc1cc(=O)oc2cc(OCC(=O)c3cc(C)n(C)c3C)ccc12. The Balaban J connectivity index is 1.82. The molecule has 0 bridgehead atoms. The van der Waals surface area contributed by atoms with Crippen LogP contribution in [0.5, 0.6) is 5.75 Å². The minimum absolute atomic E-state index is 0.0608. The Bertz CT molecular complexity index is 1030. The van der Waals surface area contributed by atoms with Gasteiger partial charge in [0, 0.05) is 41.5 Å². The third-order valence-electron chi connectivity index (χ3n) is 4.77. The van der Waals surface area contributed by atoms with Crippen molar-refractivity contribution < 1.29 is 13.9 Å². The molecule has 0 atom stereocenters. The molecule has 0 unspecified atom stereocenters. The number of aromatic nitrogens is 1. The fourth-order valence-corrected chi connectivity index (χ4v) is 3.14. The predicted molar refractivity (Wildman–Crippen MR) is 101 cm³/mol. The first kappa shape index (κ1) is 18.0. The van der Waals surface area contributed by atoms with Crippen LogP contribution in [-0.2, 0) is 13.5 Å². The predicted octanol–water partition coefficient (Wildman–Crippen LogP) is 3.96. The highest BCUT2D eigenvalue weighted by molar-refractivity contribution is 5.98. The fraction of sp³-hybridized carbons (Fsp3) is 0.333. The van der Waals surface area contributed by atoms with Gasteiger partial charge in [0.25, 0.3) is 0 Å². The zero-order valence-corrected chi connectivity index (χ0v) is 15.6. The number of ether oxygens (including phenoxy) is 1. The minimum atomic E-state index is -0.371. The van der Waals surface area contributed by atoms with Crippen molar-refractivity contribution >= 4 is 16.8 Å². The van der Waals surface area contributed by atoms with E-state index < -0.39 is 0 Å². The second-order valence-corrected chi connectivity index (χ2v) is 6.55. The lowest BCUT2D eigenvalue weighted by molar-refractivity contribution is 0.0921. The number of carbonyl (C=O) groups excluding carboxylic acids is 1. The highest BCUT2D eigenvalue weighted by Gasteiger charge is 2.15. The van der Waals surface area contributed by atoms with Gasteiger partial charge in [-0.3, -0.25) is 4.79 Å². The molecular weight excluding hydrogens is 330 g/mol. The average Bonchev–Trinajstić information content (AvgIpc) is 2.87. The first-order valence-electron chi connectivity index (χ1n) is 8.76. The van der Waals surface area contributed by atoms with Crippen molar-refractivity contribution in [3.8, 4) is 5.75 Å². The van der Waals surface area contributed by atoms with Crippen LogP contribution in [0, 0.1) is 13.8 Å². The molecule has 26 heavy (non-hydrogen) atoms. The Hall–Kier alpha value is -2.82. The van der Waals surface area contributed by atoms with Gasteiger partial charge in [-0.15, -0.1) is 0 Å². The maximum atomic E-state index is 12.4. The smallest absolute Gasteiger partial charge is 0.336 e. The molecule has 136 valence electrons. The van der Waals surface area contributed by atoms with Crippen LogP contribution in [0.3, 0.4) is 0 Å². The second kappa shape index (κ2) is 7.20. The van der Waals surface area contributed by atoms with Crippen molar-refractivity contribution in [3.63, 3.8) is 0 Å². The van der Waals surface area contributed by atoms with E-state index in [9.17, 15) is 9.59 Å². The van der Waals surface area contributed by atoms with E-state index in [-0.39, 0.29) is 18.0 Å². The van der Waals surface area contributed by atoms with Gasteiger partial charge in [0.05, 0.1) is 0 Å². The van der Waals surface area contributed by atoms with Crippen LogP contribution in [0.1, 0.15) is 40.7 Å². The maximum Gasteiger partial charge on any atom is 0.336 e. The molecule has 0 radical (unpaired) electrons. The number of fused-ring (bicyclic) bond motifs is 1. The van der Waals surface area contributed by atoms with Crippen molar-refractivity contribution in [1.29, 1.82) is 0 Å². The number of benzene rings is 1. The molecule has 0 saturated carbocycles. The molecule has 0 spiro atoms. The van der Waals surface area contributed by atoms with Crippen molar-refractivity contribution in [2.24, 2.45) is 7.05 Å². The first-order chi connectivity index (χ1) is 12.4. The largest absolute Gasteiger partial charge is 0.485 e. The lowest BCUT2D eigenvalue weighted by Gasteiger charge is -2.08. The molecule has 0 fully saturated rings. The fourth-order valence-electron chi connectivity index (χ4n) is 3.14. The molecule has 5 heteroatoms. The number of Topliss-reactive ketones (excluding diaryl/α,β-unsaturated/α-hetero) is 1. The third kappa shape index (κ3) is 3.43. The van der Waals surface area contributed by atoms with Gasteiger partial charge in [-0.05, 0) is 44.0 Å². The monoisotopic (exact) mass is 353 g/mol. The summed E-state index contributed by atoms with van der Waals surface area (Å²) >= 11 is 0. The van der Waals surface area contributed by atoms with Gasteiger partial charge in [-0.2, -0.15) is 0 Å². The Morgan fingerprint density at radius 1 is 1.19 bits per heavy atom. The zero-order chi connectivity index (χ0) is 18.8. The Kier molecular flexibility index (Phi) is 4.98. The summed E-state index contributed by atoms with van der Waals surface area (Å²) in [4.78, 5) is 24.2. The summed E-state index contributed by atoms with van der Waals surface area (Å²) in [5.74, 6) is 0.431. The van der Waals surface area contributed by atoms with Crippen LogP contribution in [0.25, 0.3) is 11.0 Å². The van der Waals surface area contributed by atoms with Gasteiger partial charge in [0.1, 0.15) is 11.3 Å². The Morgan fingerprint density at radius 3 is 2.62 bits per heavy atom. The third-order valence-corrected chi connectivity index (χ3v) is 4.77. The van der Waals surface area contributed by atoms with Gasteiger partial charge < -0.3 is 13.7 Å². The number of hydrogen-bond acceptors (Lipinski definition) is 4. The lowest BCUT2D eigenvalue weighted by Crippen LogP contribution is -2.12. The topological polar surface area (TPSA) is 61.4 Å². The summed E-state index contributed by atoms with van der Waals surface area (Å²) < 4.78 is 12.9. The summed E-state index contributed by atoms with van der Waals surface area (Å²) in [7, 11) is 1.93. The van der Waals surface area contributed by atoms with E-state index >= 15 is 0 Å². The van der Waals surface area contributed by atoms with E-state index in [0.717, 1.165) is 35.2 Å². The van der Waals surface area contributed by atoms with Gasteiger partial charge in [-0.1, -0.05) is 13.3 Å². The van der Waals surface area contributed by atoms with Crippen LogP contribution in [0.2, 0.25) is 0 Å². The molecule has 5 nitrogen and oxygen atoms in total. The molecule has 0 amide bonds. The van der Waals surface area contributed by atoms with Gasteiger partial charge in [-0.25, -0.2) is 4.79 Å². The number of carbonyl (C=O) groups is 1. The summed E-state index contributed by atoms with van der Waals surface area (Å²) in [6.07, 6.45) is 1.76. The van der Waals surface area contributed by atoms with Crippen molar-refractivity contribution in [3.05, 3.63) is 63.3 Å². The van der Waals surface area contributed by atoms with Gasteiger partial charge in [0.2, 0.25) is 5.78 Å². The van der Waals surface area contributed by atoms with E-state index in [1.165, 1.54) is 6.07 Å². The van der Waals surface area contributed by atoms with Gasteiger partial charge in [0.15, 0.2) is 6.61 Å². The molecule has 2 heterocycles.